The Morgan fingerprint density at radius 1 is 1.00 bits per heavy atom. The minimum Gasteiger partial charge on any atom is -0.497 e. The van der Waals surface area contributed by atoms with Crippen LogP contribution in [0.15, 0.2) is 36.4 Å². The summed E-state index contributed by atoms with van der Waals surface area (Å²) in [6, 6.07) is 11.6. The average Bonchev–Trinajstić information content (AvgIpc) is 2.70. The van der Waals surface area contributed by atoms with Crippen LogP contribution in [0.3, 0.4) is 0 Å². The van der Waals surface area contributed by atoms with Gasteiger partial charge in [0.1, 0.15) is 11.5 Å². The third-order valence-corrected chi connectivity index (χ3v) is 5.13. The van der Waals surface area contributed by atoms with Crippen LogP contribution in [-0.4, -0.2) is 51.3 Å². The average molecular weight is 369 g/mol. The smallest absolute Gasteiger partial charge is 0.322 e. The molecule has 6 nitrogen and oxygen atoms in total. The summed E-state index contributed by atoms with van der Waals surface area (Å²) in [5, 5.41) is 2.95. The quantitative estimate of drug-likeness (QED) is 0.893. The second-order valence-electron chi connectivity index (χ2n) is 6.69. The maximum absolute atomic E-state index is 12.7. The topological polar surface area (TPSA) is 54.0 Å². The summed E-state index contributed by atoms with van der Waals surface area (Å²) in [7, 11) is 3.18. The molecule has 2 aromatic rings. The molecule has 0 bridgehead atoms. The normalized spacial score (nSPS) is 14.1. The third-order valence-electron chi connectivity index (χ3n) is 5.13. The van der Waals surface area contributed by atoms with Crippen LogP contribution in [0, 0.1) is 13.8 Å². The molecule has 1 aliphatic heterocycles. The molecule has 6 heteroatoms. The van der Waals surface area contributed by atoms with E-state index >= 15 is 0 Å². The van der Waals surface area contributed by atoms with E-state index in [1.165, 1.54) is 16.8 Å². The number of carbonyl (C=O) groups excluding carboxylic acids is 1. The van der Waals surface area contributed by atoms with Crippen molar-refractivity contribution in [3.05, 3.63) is 47.5 Å². The van der Waals surface area contributed by atoms with E-state index in [1.807, 2.05) is 4.90 Å². The molecule has 27 heavy (non-hydrogen) atoms. The number of piperazine rings is 1. The van der Waals surface area contributed by atoms with Gasteiger partial charge in [0.05, 0.1) is 19.9 Å². The van der Waals surface area contributed by atoms with Crippen LogP contribution < -0.4 is 19.7 Å². The first-order chi connectivity index (χ1) is 13.0. The number of nitrogens with one attached hydrogen (secondary N) is 1. The number of hydrogen-bond acceptors (Lipinski definition) is 4. The monoisotopic (exact) mass is 369 g/mol. The molecular formula is C21H27N3O3. The van der Waals surface area contributed by atoms with Crippen LogP contribution in [0.5, 0.6) is 11.5 Å². The fourth-order valence-electron chi connectivity index (χ4n) is 3.32. The van der Waals surface area contributed by atoms with Gasteiger partial charge in [0.25, 0.3) is 0 Å². The standard InChI is InChI=1S/C21H27N3O3/c1-15-6-5-7-19(16(15)2)23-10-12-24(13-11-23)21(25)22-18-9-8-17(26-3)14-20(18)27-4/h5-9,14H,10-13H2,1-4H3,(H,22,25). The van der Waals surface area contributed by atoms with Gasteiger partial charge in [0.15, 0.2) is 0 Å². The summed E-state index contributed by atoms with van der Waals surface area (Å²) in [6.07, 6.45) is 0. The molecule has 0 aromatic heterocycles. The molecule has 0 atom stereocenters. The van der Waals surface area contributed by atoms with Crippen LogP contribution in [-0.2, 0) is 0 Å². The Hall–Kier alpha value is -2.89. The molecule has 0 radical (unpaired) electrons. The van der Waals surface area contributed by atoms with Gasteiger partial charge in [-0.05, 0) is 43.2 Å². The zero-order valence-corrected chi connectivity index (χ0v) is 16.4. The SMILES string of the molecule is COc1ccc(NC(=O)N2CCN(c3cccc(C)c3C)CC2)c(OC)c1. The zero-order valence-electron chi connectivity index (χ0n) is 16.4. The van der Waals surface area contributed by atoms with E-state index in [2.05, 4.69) is 42.3 Å². The molecule has 2 amide bonds. The lowest BCUT2D eigenvalue weighted by Gasteiger charge is -2.37. The van der Waals surface area contributed by atoms with Gasteiger partial charge < -0.3 is 24.6 Å². The molecule has 3 rings (SSSR count). The van der Waals surface area contributed by atoms with Crippen LogP contribution >= 0.6 is 0 Å². The van der Waals surface area contributed by atoms with Crippen molar-refractivity contribution in [2.75, 3.05) is 50.6 Å². The summed E-state index contributed by atoms with van der Waals surface area (Å²) >= 11 is 0. The highest BCUT2D eigenvalue weighted by Crippen LogP contribution is 2.29. The molecule has 0 spiro atoms. The lowest BCUT2D eigenvalue weighted by Crippen LogP contribution is -2.50. The van der Waals surface area contributed by atoms with Crippen molar-refractivity contribution in [2.45, 2.75) is 13.8 Å². The van der Waals surface area contributed by atoms with Crippen molar-refractivity contribution < 1.29 is 14.3 Å². The maximum atomic E-state index is 12.7. The number of urea groups is 1. The second kappa shape index (κ2) is 8.20. The van der Waals surface area contributed by atoms with Gasteiger partial charge in [0, 0.05) is 37.9 Å². The molecule has 1 N–H and O–H groups in total. The number of ether oxygens (including phenoxy) is 2. The van der Waals surface area contributed by atoms with Crippen LogP contribution in [0.1, 0.15) is 11.1 Å². The van der Waals surface area contributed by atoms with E-state index in [9.17, 15) is 4.79 Å². The molecular weight excluding hydrogens is 342 g/mol. The third kappa shape index (κ3) is 4.10. The second-order valence-corrected chi connectivity index (χ2v) is 6.69. The summed E-state index contributed by atoms with van der Waals surface area (Å²) < 4.78 is 10.6. The van der Waals surface area contributed by atoms with Gasteiger partial charge in [-0.25, -0.2) is 4.79 Å². The number of methoxy groups -OCH3 is 2. The van der Waals surface area contributed by atoms with Crippen molar-refractivity contribution in [1.29, 1.82) is 0 Å². The zero-order chi connectivity index (χ0) is 19.4. The summed E-state index contributed by atoms with van der Waals surface area (Å²) in [4.78, 5) is 16.8. The fraction of sp³-hybridized carbons (Fsp3) is 0.381. The van der Waals surface area contributed by atoms with E-state index in [0.717, 1.165) is 13.1 Å². The molecule has 0 unspecified atom stereocenters. The minimum absolute atomic E-state index is 0.112. The largest absolute Gasteiger partial charge is 0.497 e. The Morgan fingerprint density at radius 2 is 1.74 bits per heavy atom. The highest BCUT2D eigenvalue weighted by molar-refractivity contribution is 5.91. The van der Waals surface area contributed by atoms with E-state index in [0.29, 0.717) is 30.3 Å². The highest BCUT2D eigenvalue weighted by atomic mass is 16.5. The Morgan fingerprint density at radius 3 is 2.41 bits per heavy atom. The first-order valence-corrected chi connectivity index (χ1v) is 9.12. The fourth-order valence-corrected chi connectivity index (χ4v) is 3.32. The number of anilines is 2. The van der Waals surface area contributed by atoms with Gasteiger partial charge in [-0.2, -0.15) is 0 Å². The summed E-state index contributed by atoms with van der Waals surface area (Å²) in [5.41, 5.74) is 4.49. The highest BCUT2D eigenvalue weighted by Gasteiger charge is 2.23. The Kier molecular flexibility index (Phi) is 5.74. The van der Waals surface area contributed by atoms with Gasteiger partial charge in [-0.3, -0.25) is 0 Å². The number of amides is 2. The van der Waals surface area contributed by atoms with Crippen LogP contribution in [0.4, 0.5) is 16.2 Å². The van der Waals surface area contributed by atoms with Gasteiger partial charge in [0.2, 0.25) is 0 Å². The maximum Gasteiger partial charge on any atom is 0.322 e. The first kappa shape index (κ1) is 18.9. The lowest BCUT2D eigenvalue weighted by atomic mass is 10.1. The van der Waals surface area contributed by atoms with Gasteiger partial charge in [-0.15, -0.1) is 0 Å². The summed E-state index contributed by atoms with van der Waals surface area (Å²) in [6.45, 7) is 7.27. The summed E-state index contributed by atoms with van der Waals surface area (Å²) in [5.74, 6) is 1.27. The van der Waals surface area contributed by atoms with E-state index < -0.39 is 0 Å². The van der Waals surface area contributed by atoms with Crippen molar-refractivity contribution in [1.82, 2.24) is 4.90 Å². The molecule has 0 saturated carbocycles. The number of rotatable bonds is 4. The van der Waals surface area contributed by atoms with E-state index in [4.69, 9.17) is 9.47 Å². The molecule has 0 aliphatic carbocycles. The van der Waals surface area contributed by atoms with Gasteiger partial charge in [-0.1, -0.05) is 12.1 Å². The van der Waals surface area contributed by atoms with E-state index in [-0.39, 0.29) is 6.03 Å². The number of benzene rings is 2. The van der Waals surface area contributed by atoms with Crippen molar-refractivity contribution >= 4 is 17.4 Å². The van der Waals surface area contributed by atoms with Crippen molar-refractivity contribution in [3.8, 4) is 11.5 Å². The molecule has 1 heterocycles. The number of hydrogen-bond donors (Lipinski definition) is 1. The number of carbonyl (C=O) groups is 1. The lowest BCUT2D eigenvalue weighted by molar-refractivity contribution is 0.208. The first-order valence-electron chi connectivity index (χ1n) is 9.12. The minimum atomic E-state index is -0.112. The molecule has 1 saturated heterocycles. The Balaban J connectivity index is 1.63. The van der Waals surface area contributed by atoms with Crippen molar-refractivity contribution in [2.24, 2.45) is 0 Å². The number of nitrogens with zero attached hydrogens (tertiary/aromatic N) is 2. The Labute approximate surface area is 160 Å². The molecule has 144 valence electrons. The van der Waals surface area contributed by atoms with Crippen LogP contribution in [0.2, 0.25) is 0 Å². The predicted octanol–water partition coefficient (Wildman–Crippen LogP) is 3.67. The van der Waals surface area contributed by atoms with Crippen molar-refractivity contribution in [3.63, 3.8) is 0 Å². The molecule has 1 aliphatic rings. The number of aryl methyl sites for hydroxylation is 1. The predicted molar refractivity (Wildman–Crippen MR) is 108 cm³/mol. The van der Waals surface area contributed by atoms with Gasteiger partial charge >= 0.3 is 6.03 Å². The Bertz CT molecular complexity index is 814. The molecule has 2 aromatic carbocycles. The van der Waals surface area contributed by atoms with Crippen LogP contribution in [0.25, 0.3) is 0 Å². The molecule has 1 fully saturated rings. The van der Waals surface area contributed by atoms with E-state index in [1.54, 1.807) is 32.4 Å².